The second-order valence-corrected chi connectivity index (χ2v) is 8.37. The Labute approximate surface area is 210 Å². The normalized spacial score (nSPS) is 16.8. The summed E-state index contributed by atoms with van der Waals surface area (Å²) in [6, 6.07) is 11.3. The highest BCUT2D eigenvalue weighted by Crippen LogP contribution is 2.42. The molecule has 4 rings (SSSR count). The van der Waals surface area contributed by atoms with Gasteiger partial charge in [-0.25, -0.2) is 0 Å². The van der Waals surface area contributed by atoms with Gasteiger partial charge >= 0.3 is 0 Å². The molecule has 36 heavy (non-hydrogen) atoms. The van der Waals surface area contributed by atoms with E-state index in [2.05, 4.69) is 16.9 Å². The first-order chi connectivity index (χ1) is 17.5. The lowest BCUT2D eigenvalue weighted by Gasteiger charge is -2.26. The van der Waals surface area contributed by atoms with E-state index in [1.165, 1.54) is 17.3 Å². The van der Waals surface area contributed by atoms with Gasteiger partial charge in [0.2, 0.25) is 0 Å². The topological polar surface area (TPSA) is 102 Å². The number of aromatic nitrogens is 2. The molecule has 1 aromatic carbocycles. The van der Waals surface area contributed by atoms with Crippen molar-refractivity contribution in [3.8, 4) is 11.5 Å². The fourth-order valence-electron chi connectivity index (χ4n) is 4.15. The number of ether oxygens (including phenoxy) is 2. The maximum atomic E-state index is 13.3. The van der Waals surface area contributed by atoms with E-state index in [1.807, 2.05) is 13.0 Å². The number of carbonyl (C=O) groups excluding carboxylic acids is 2. The van der Waals surface area contributed by atoms with Gasteiger partial charge in [0.15, 0.2) is 11.5 Å². The maximum Gasteiger partial charge on any atom is 0.295 e. The number of pyridine rings is 2. The molecule has 8 heteroatoms. The highest BCUT2D eigenvalue weighted by molar-refractivity contribution is 6.46. The molecule has 0 bridgehead atoms. The third-order valence-electron chi connectivity index (χ3n) is 5.91. The minimum atomic E-state index is -0.831. The van der Waals surface area contributed by atoms with Gasteiger partial charge in [0.05, 0.1) is 24.8 Å². The summed E-state index contributed by atoms with van der Waals surface area (Å²) in [6.07, 6.45) is 8.24. The highest BCUT2D eigenvalue weighted by Gasteiger charge is 2.46. The first-order valence-electron chi connectivity index (χ1n) is 12.0. The van der Waals surface area contributed by atoms with E-state index in [4.69, 9.17) is 9.47 Å². The molecule has 3 aromatic rings. The van der Waals surface area contributed by atoms with Gasteiger partial charge in [0.1, 0.15) is 5.76 Å². The second kappa shape index (κ2) is 11.5. The number of unbranched alkanes of at least 4 members (excludes halogenated alkanes) is 1. The number of carbonyl (C=O) groups is 2. The number of aliphatic hydroxyl groups is 1. The van der Waals surface area contributed by atoms with Crippen molar-refractivity contribution < 1.29 is 24.2 Å². The molecule has 1 unspecified atom stereocenters. The Kier molecular flexibility index (Phi) is 7.95. The number of Topliss-reactive ketones (excluding diaryl/α,β-unsaturated/α-hetero) is 1. The Bertz CT molecular complexity index is 1240. The number of aliphatic hydroxyl groups excluding tert-OH is 1. The molecule has 2 aromatic heterocycles. The number of nitrogens with zero attached hydrogens (tertiary/aromatic N) is 3. The molecule has 1 atom stereocenters. The summed E-state index contributed by atoms with van der Waals surface area (Å²) in [4.78, 5) is 36.1. The molecule has 0 saturated carbocycles. The van der Waals surface area contributed by atoms with Crippen molar-refractivity contribution in [2.45, 2.75) is 39.3 Å². The fourth-order valence-corrected chi connectivity index (χ4v) is 4.15. The van der Waals surface area contributed by atoms with Crippen LogP contribution in [0.25, 0.3) is 5.76 Å². The monoisotopic (exact) mass is 487 g/mol. The second-order valence-electron chi connectivity index (χ2n) is 8.37. The predicted molar refractivity (Wildman–Crippen MR) is 134 cm³/mol. The third-order valence-corrected chi connectivity index (χ3v) is 5.91. The summed E-state index contributed by atoms with van der Waals surface area (Å²) in [5.41, 5.74) is 1.80. The number of amides is 1. The van der Waals surface area contributed by atoms with E-state index in [0.717, 1.165) is 18.4 Å². The van der Waals surface area contributed by atoms with Crippen LogP contribution in [0, 0.1) is 0 Å². The van der Waals surface area contributed by atoms with Gasteiger partial charge in [0, 0.05) is 36.9 Å². The Balaban J connectivity index is 1.83. The van der Waals surface area contributed by atoms with Crippen molar-refractivity contribution in [2.75, 3.05) is 13.2 Å². The van der Waals surface area contributed by atoms with Crippen molar-refractivity contribution >= 4 is 17.4 Å². The minimum Gasteiger partial charge on any atom is -0.507 e. The van der Waals surface area contributed by atoms with Gasteiger partial charge in [-0.1, -0.05) is 25.5 Å². The standard InChI is InChI=1S/C28H29N3O5/c1-3-5-15-36-22-9-8-21(16-23(22)35-4-2)25-24(26(32)20-10-13-29-14-11-20)27(33)28(34)31(25)18-19-7-6-12-30-17-19/h6-14,16-17,25,32H,3-5,15,18H2,1-2H3/b26-24+. The molecule has 1 amide bonds. The molecule has 0 spiro atoms. The molecule has 1 fully saturated rings. The molecule has 0 aliphatic carbocycles. The van der Waals surface area contributed by atoms with Crippen LogP contribution in [0.2, 0.25) is 0 Å². The first-order valence-corrected chi connectivity index (χ1v) is 12.0. The lowest BCUT2D eigenvalue weighted by atomic mass is 9.95. The fraction of sp³-hybridized carbons (Fsp3) is 0.286. The number of likely N-dealkylation sites (tertiary alicyclic amines) is 1. The Morgan fingerprint density at radius 3 is 2.50 bits per heavy atom. The van der Waals surface area contributed by atoms with E-state index in [9.17, 15) is 14.7 Å². The van der Waals surface area contributed by atoms with Crippen molar-refractivity contribution in [1.29, 1.82) is 0 Å². The number of hydrogen-bond donors (Lipinski definition) is 1. The van der Waals surface area contributed by atoms with Gasteiger partial charge < -0.3 is 19.5 Å². The molecule has 186 valence electrons. The lowest BCUT2D eigenvalue weighted by Crippen LogP contribution is -2.29. The zero-order chi connectivity index (χ0) is 25.5. The summed E-state index contributed by atoms with van der Waals surface area (Å²) in [7, 11) is 0. The van der Waals surface area contributed by atoms with E-state index >= 15 is 0 Å². The molecule has 3 heterocycles. The number of benzene rings is 1. The predicted octanol–water partition coefficient (Wildman–Crippen LogP) is 4.68. The molecule has 1 aliphatic rings. The van der Waals surface area contributed by atoms with Crippen molar-refractivity contribution in [3.63, 3.8) is 0 Å². The molecule has 1 N–H and O–H groups in total. The number of rotatable bonds is 10. The Morgan fingerprint density at radius 2 is 1.81 bits per heavy atom. The zero-order valence-electron chi connectivity index (χ0n) is 20.4. The molecular weight excluding hydrogens is 458 g/mol. The molecule has 1 saturated heterocycles. The third kappa shape index (κ3) is 5.22. The van der Waals surface area contributed by atoms with Crippen LogP contribution in [0.1, 0.15) is 49.4 Å². The van der Waals surface area contributed by atoms with Crippen LogP contribution >= 0.6 is 0 Å². The van der Waals surface area contributed by atoms with Crippen LogP contribution in [0.3, 0.4) is 0 Å². The minimum absolute atomic E-state index is 0.0113. The van der Waals surface area contributed by atoms with Crippen LogP contribution in [-0.2, 0) is 16.1 Å². The SMILES string of the molecule is CCCCOc1ccc(C2/C(=C(\O)c3ccncc3)C(=O)C(=O)N2Cc2cccnc2)cc1OCC. The van der Waals surface area contributed by atoms with Crippen LogP contribution < -0.4 is 9.47 Å². The smallest absolute Gasteiger partial charge is 0.295 e. The van der Waals surface area contributed by atoms with Gasteiger partial charge in [-0.3, -0.25) is 19.6 Å². The zero-order valence-corrected chi connectivity index (χ0v) is 20.4. The Hall–Kier alpha value is -4.20. The average Bonchev–Trinajstić information content (AvgIpc) is 3.15. The summed E-state index contributed by atoms with van der Waals surface area (Å²) < 4.78 is 11.8. The van der Waals surface area contributed by atoms with Gasteiger partial charge in [-0.05, 0) is 54.8 Å². The maximum absolute atomic E-state index is 13.3. The van der Waals surface area contributed by atoms with Gasteiger partial charge in [-0.15, -0.1) is 0 Å². The van der Waals surface area contributed by atoms with E-state index in [-0.39, 0.29) is 17.9 Å². The van der Waals surface area contributed by atoms with Crippen LogP contribution in [0.5, 0.6) is 11.5 Å². The van der Waals surface area contributed by atoms with E-state index < -0.39 is 17.7 Å². The molecule has 8 nitrogen and oxygen atoms in total. The number of hydrogen-bond acceptors (Lipinski definition) is 7. The number of ketones is 1. The van der Waals surface area contributed by atoms with E-state index in [1.54, 1.807) is 48.8 Å². The summed E-state index contributed by atoms with van der Waals surface area (Å²) in [5.74, 6) is -0.592. The van der Waals surface area contributed by atoms with Crippen LogP contribution in [-0.4, -0.2) is 44.9 Å². The van der Waals surface area contributed by atoms with Gasteiger partial charge in [0.25, 0.3) is 11.7 Å². The quantitative estimate of drug-likeness (QED) is 0.192. The van der Waals surface area contributed by atoms with E-state index in [0.29, 0.717) is 35.8 Å². The summed E-state index contributed by atoms with van der Waals surface area (Å²) >= 11 is 0. The highest BCUT2D eigenvalue weighted by atomic mass is 16.5. The lowest BCUT2D eigenvalue weighted by molar-refractivity contribution is -0.140. The summed E-state index contributed by atoms with van der Waals surface area (Å²) in [5, 5.41) is 11.2. The molecular formula is C28H29N3O5. The molecule has 1 aliphatic heterocycles. The largest absolute Gasteiger partial charge is 0.507 e. The van der Waals surface area contributed by atoms with Crippen molar-refractivity contribution in [2.24, 2.45) is 0 Å². The van der Waals surface area contributed by atoms with Crippen molar-refractivity contribution in [3.05, 3.63) is 89.5 Å². The van der Waals surface area contributed by atoms with Gasteiger partial charge in [-0.2, -0.15) is 0 Å². The molecule has 0 radical (unpaired) electrons. The first kappa shape index (κ1) is 24.9. The van der Waals surface area contributed by atoms with Crippen LogP contribution in [0.4, 0.5) is 0 Å². The Morgan fingerprint density at radius 1 is 1.00 bits per heavy atom. The average molecular weight is 488 g/mol. The summed E-state index contributed by atoms with van der Waals surface area (Å²) in [6.45, 7) is 5.08. The van der Waals surface area contributed by atoms with Crippen LogP contribution in [0.15, 0.2) is 72.8 Å². The van der Waals surface area contributed by atoms with Crippen molar-refractivity contribution in [1.82, 2.24) is 14.9 Å².